The quantitative estimate of drug-likeness (QED) is 0.413. The van der Waals surface area contributed by atoms with Crippen LogP contribution in [0.4, 0.5) is 13.6 Å². The Bertz CT molecular complexity index is 1620. The van der Waals surface area contributed by atoms with Crippen LogP contribution in [0.3, 0.4) is 0 Å². The minimum atomic E-state index is -1.93. The maximum absolute atomic E-state index is 15.5. The van der Waals surface area contributed by atoms with Crippen LogP contribution in [-0.4, -0.2) is 57.6 Å². The lowest BCUT2D eigenvalue weighted by Gasteiger charge is -2.47. The second kappa shape index (κ2) is 10.2. The van der Waals surface area contributed by atoms with Crippen molar-refractivity contribution in [3.05, 3.63) is 57.8 Å². The van der Waals surface area contributed by atoms with Gasteiger partial charge in [-0.3, -0.25) is 14.8 Å². The van der Waals surface area contributed by atoms with Gasteiger partial charge in [0.1, 0.15) is 30.2 Å². The molecule has 3 aliphatic rings. The number of alkyl carbamates (subject to hydrolysis) is 1. The van der Waals surface area contributed by atoms with Gasteiger partial charge in [-0.05, 0) is 53.1 Å². The summed E-state index contributed by atoms with van der Waals surface area (Å²) in [6.07, 6.45) is 2.56. The molecule has 1 saturated heterocycles. The maximum atomic E-state index is 15.5. The number of aliphatic hydroxyl groups is 1. The number of ether oxygens (including phenoxy) is 3. The van der Waals surface area contributed by atoms with Crippen molar-refractivity contribution in [2.24, 2.45) is 5.41 Å². The molecule has 6 rings (SSSR count). The van der Waals surface area contributed by atoms with Crippen LogP contribution in [0.25, 0.3) is 11.0 Å². The Morgan fingerprint density at radius 3 is 2.57 bits per heavy atom. The molecule has 0 spiro atoms. The van der Waals surface area contributed by atoms with Gasteiger partial charge in [0.2, 0.25) is 0 Å². The molecule has 0 aromatic carbocycles. The first-order valence-corrected chi connectivity index (χ1v) is 14.0. The topological polar surface area (TPSA) is 137 Å². The summed E-state index contributed by atoms with van der Waals surface area (Å²) in [7, 11) is 0. The zero-order valence-corrected chi connectivity index (χ0v) is 23.6. The van der Waals surface area contributed by atoms with Crippen molar-refractivity contribution >= 4 is 17.1 Å². The lowest BCUT2D eigenvalue weighted by molar-refractivity contribution is -0.0491. The number of rotatable bonds is 5. The molecular formula is C29H33F2N5O6. The maximum Gasteiger partial charge on any atom is 0.408 e. The summed E-state index contributed by atoms with van der Waals surface area (Å²) in [5.74, 6) is -0.922. The summed E-state index contributed by atoms with van der Waals surface area (Å²) in [6.45, 7) is 6.65. The molecule has 224 valence electrons. The molecule has 2 atom stereocenters. The molecule has 11 nitrogen and oxygen atoms in total. The first-order valence-electron chi connectivity index (χ1n) is 14.0. The number of fused-ring (bicyclic) bond motifs is 1. The molecule has 0 bridgehead atoms. The van der Waals surface area contributed by atoms with Crippen LogP contribution in [0.1, 0.15) is 57.3 Å². The summed E-state index contributed by atoms with van der Waals surface area (Å²) in [5.41, 5.74) is -4.16. The van der Waals surface area contributed by atoms with E-state index in [-0.39, 0.29) is 29.6 Å². The highest BCUT2D eigenvalue weighted by atomic mass is 19.1. The van der Waals surface area contributed by atoms with Crippen molar-refractivity contribution in [3.8, 4) is 11.5 Å². The van der Waals surface area contributed by atoms with E-state index >= 15 is 4.39 Å². The number of carbonyl (C=O) groups excluding carboxylic acids is 1. The molecule has 0 radical (unpaired) electrons. The van der Waals surface area contributed by atoms with E-state index in [4.69, 9.17) is 14.2 Å². The largest absolute Gasteiger partial charge is 0.486 e. The molecule has 6 heterocycles. The molecule has 3 aliphatic heterocycles. The Morgan fingerprint density at radius 1 is 1.14 bits per heavy atom. The highest BCUT2D eigenvalue weighted by molar-refractivity contribution is 5.81. The highest BCUT2D eigenvalue weighted by Crippen LogP contribution is 2.53. The zero-order valence-electron chi connectivity index (χ0n) is 23.6. The Morgan fingerprint density at radius 2 is 1.86 bits per heavy atom. The number of carbonyl (C=O) groups is 1. The van der Waals surface area contributed by atoms with Gasteiger partial charge >= 0.3 is 6.09 Å². The number of hydrogen-bond donors (Lipinski definition) is 3. The number of hydrogen-bond acceptors (Lipinski definition) is 9. The second-order valence-corrected chi connectivity index (χ2v) is 12.3. The third-order valence-electron chi connectivity index (χ3n) is 8.17. The van der Waals surface area contributed by atoms with Crippen LogP contribution < -0.4 is 25.7 Å². The van der Waals surface area contributed by atoms with Crippen molar-refractivity contribution in [2.45, 2.75) is 63.8 Å². The Labute approximate surface area is 240 Å². The summed E-state index contributed by atoms with van der Waals surface area (Å²) < 4.78 is 48.1. The molecule has 0 aliphatic carbocycles. The molecule has 3 N–H and O–H groups in total. The third kappa shape index (κ3) is 4.94. The van der Waals surface area contributed by atoms with E-state index in [0.29, 0.717) is 56.3 Å². The molecule has 1 amide bonds. The first-order chi connectivity index (χ1) is 19.9. The van der Waals surface area contributed by atoms with Crippen LogP contribution in [0.15, 0.2) is 29.3 Å². The van der Waals surface area contributed by atoms with Crippen LogP contribution in [0, 0.1) is 17.0 Å². The Balaban J connectivity index is 1.47. The van der Waals surface area contributed by atoms with Crippen molar-refractivity contribution in [1.82, 2.24) is 25.2 Å². The van der Waals surface area contributed by atoms with E-state index in [1.54, 1.807) is 26.8 Å². The molecule has 3 aromatic heterocycles. The van der Waals surface area contributed by atoms with Gasteiger partial charge in [-0.25, -0.2) is 13.6 Å². The van der Waals surface area contributed by atoms with Crippen LogP contribution in [0.5, 0.6) is 11.5 Å². The average molecular weight is 586 g/mol. The second-order valence-electron chi connectivity index (χ2n) is 12.3. The van der Waals surface area contributed by atoms with Crippen molar-refractivity contribution in [2.75, 3.05) is 26.3 Å². The highest BCUT2D eigenvalue weighted by Gasteiger charge is 2.52. The molecule has 3 aromatic rings. The van der Waals surface area contributed by atoms with Gasteiger partial charge in [0.05, 0.1) is 41.7 Å². The minimum Gasteiger partial charge on any atom is -0.486 e. The fourth-order valence-corrected chi connectivity index (χ4v) is 6.53. The molecule has 0 saturated carbocycles. The summed E-state index contributed by atoms with van der Waals surface area (Å²) in [6, 6.07) is 1.82. The van der Waals surface area contributed by atoms with Gasteiger partial charge in [-0.1, -0.05) is 0 Å². The SMILES string of the molecule is CC(C)(C)OC(=O)NC(c1cc2c(cn1)OCCO2)C1(CC2(O)Cn3c(=O)c(F)cc4ncc(F)c2c43)CCNCC1. The fraction of sp³-hybridized carbons (Fsp3) is 0.517. The van der Waals surface area contributed by atoms with E-state index in [0.717, 1.165) is 16.8 Å². The van der Waals surface area contributed by atoms with Gasteiger partial charge in [-0.15, -0.1) is 0 Å². The summed E-state index contributed by atoms with van der Waals surface area (Å²) in [4.78, 5) is 34.6. The zero-order chi connectivity index (χ0) is 29.9. The number of piperidine rings is 1. The van der Waals surface area contributed by atoms with Gasteiger partial charge in [0.15, 0.2) is 17.3 Å². The van der Waals surface area contributed by atoms with Crippen LogP contribution >= 0.6 is 0 Å². The fourth-order valence-electron chi connectivity index (χ4n) is 6.53. The number of nitrogens with one attached hydrogen (secondary N) is 2. The summed E-state index contributed by atoms with van der Waals surface area (Å²) in [5, 5.41) is 18.6. The Hall–Kier alpha value is -3.84. The van der Waals surface area contributed by atoms with Crippen molar-refractivity contribution in [3.63, 3.8) is 0 Å². The Kier molecular flexibility index (Phi) is 6.84. The number of aromatic nitrogens is 3. The normalized spacial score (nSPS) is 21.7. The predicted octanol–water partition coefficient (Wildman–Crippen LogP) is 3.07. The predicted molar refractivity (Wildman–Crippen MR) is 146 cm³/mol. The smallest absolute Gasteiger partial charge is 0.408 e. The molecule has 2 unspecified atom stereocenters. The van der Waals surface area contributed by atoms with Crippen molar-refractivity contribution in [1.29, 1.82) is 0 Å². The summed E-state index contributed by atoms with van der Waals surface area (Å²) >= 11 is 0. The van der Waals surface area contributed by atoms with Crippen LogP contribution in [-0.2, 0) is 16.9 Å². The van der Waals surface area contributed by atoms with E-state index in [1.165, 1.54) is 6.20 Å². The lowest BCUT2D eigenvalue weighted by Crippen LogP contribution is -2.51. The van der Waals surface area contributed by atoms with Gasteiger partial charge in [-0.2, -0.15) is 0 Å². The van der Waals surface area contributed by atoms with E-state index in [2.05, 4.69) is 20.6 Å². The molecule has 13 heteroatoms. The minimum absolute atomic E-state index is 0.0575. The monoisotopic (exact) mass is 585 g/mol. The van der Waals surface area contributed by atoms with E-state index in [9.17, 15) is 19.1 Å². The number of nitrogens with zero attached hydrogens (tertiary/aromatic N) is 3. The van der Waals surface area contributed by atoms with E-state index in [1.807, 2.05) is 0 Å². The lowest BCUT2D eigenvalue weighted by atomic mass is 9.64. The van der Waals surface area contributed by atoms with Gasteiger partial charge in [0.25, 0.3) is 5.56 Å². The van der Waals surface area contributed by atoms with Gasteiger partial charge < -0.3 is 34.5 Å². The first kappa shape index (κ1) is 28.3. The van der Waals surface area contributed by atoms with Crippen molar-refractivity contribution < 1.29 is 32.9 Å². The molecular weight excluding hydrogens is 552 g/mol. The van der Waals surface area contributed by atoms with Gasteiger partial charge in [0, 0.05) is 23.1 Å². The molecule has 42 heavy (non-hydrogen) atoms. The number of halogens is 2. The number of amides is 1. The van der Waals surface area contributed by atoms with Crippen LogP contribution in [0.2, 0.25) is 0 Å². The molecule has 1 fully saturated rings. The third-order valence-corrected chi connectivity index (χ3v) is 8.17. The van der Waals surface area contributed by atoms with E-state index < -0.39 is 45.9 Å². The average Bonchev–Trinajstić information content (AvgIpc) is 3.25. The standard InChI is InChI=1S/C29H33F2N5O6/c1-27(2,3)42-26(38)35-24(19-11-20-21(13-34-19)41-9-8-40-20)28(4-6-32-7-5-28)14-29(39)15-36-23-18(10-16(30)25(36)37)33-12-17(31)22(23)29/h10-13,24,32,39H,4-9,14-15H2,1-3H3,(H,35,38). The number of pyridine rings is 3.